The summed E-state index contributed by atoms with van der Waals surface area (Å²) in [7, 11) is 0. The van der Waals surface area contributed by atoms with E-state index in [4.69, 9.17) is 0 Å². The van der Waals surface area contributed by atoms with Crippen LogP contribution in [0.25, 0.3) is 0 Å². The van der Waals surface area contributed by atoms with E-state index in [1.807, 2.05) is 48.9 Å². The number of aromatic nitrogens is 2. The van der Waals surface area contributed by atoms with E-state index in [-0.39, 0.29) is 12.0 Å². The highest BCUT2D eigenvalue weighted by atomic mass is 16.4. The molecule has 3 rings (SSSR count). The molecule has 5 heteroatoms. The zero-order valence-corrected chi connectivity index (χ0v) is 13.0. The zero-order valence-electron chi connectivity index (χ0n) is 13.0. The maximum Gasteiger partial charge on any atom is 0.306 e. The van der Waals surface area contributed by atoms with E-state index >= 15 is 0 Å². The van der Waals surface area contributed by atoms with Gasteiger partial charge >= 0.3 is 5.97 Å². The highest BCUT2D eigenvalue weighted by Gasteiger charge is 2.29. The quantitative estimate of drug-likeness (QED) is 0.919. The van der Waals surface area contributed by atoms with Gasteiger partial charge in [0.25, 0.3) is 0 Å². The molecule has 0 aliphatic carbocycles. The summed E-state index contributed by atoms with van der Waals surface area (Å²) in [5.74, 6) is -0.881. The molecule has 2 aromatic rings. The Labute approximate surface area is 136 Å². The van der Waals surface area contributed by atoms with E-state index in [0.717, 1.165) is 25.2 Å². The summed E-state index contributed by atoms with van der Waals surface area (Å²) in [6.45, 7) is 1.60. The number of piperidine rings is 1. The van der Waals surface area contributed by atoms with Crippen molar-refractivity contribution in [2.75, 3.05) is 13.1 Å². The smallest absolute Gasteiger partial charge is 0.306 e. The number of pyridine rings is 2. The second-order valence-corrected chi connectivity index (χ2v) is 5.97. The highest BCUT2D eigenvalue weighted by Crippen LogP contribution is 2.29. The number of carbonyl (C=O) groups is 1. The van der Waals surface area contributed by atoms with Crippen LogP contribution in [-0.4, -0.2) is 39.0 Å². The largest absolute Gasteiger partial charge is 0.481 e. The maximum absolute atomic E-state index is 11.2. The van der Waals surface area contributed by atoms with Crippen molar-refractivity contribution in [3.63, 3.8) is 0 Å². The van der Waals surface area contributed by atoms with Gasteiger partial charge in [-0.25, -0.2) is 0 Å². The molecule has 1 N–H and O–H groups in total. The van der Waals surface area contributed by atoms with Gasteiger partial charge < -0.3 is 5.11 Å². The number of nitrogens with zero attached hydrogens (tertiary/aromatic N) is 3. The monoisotopic (exact) mass is 311 g/mol. The first kappa shape index (κ1) is 15.6. The fraction of sp³-hybridized carbons (Fsp3) is 0.389. The normalized spacial score (nSPS) is 17.7. The Morgan fingerprint density at radius 3 is 2.52 bits per heavy atom. The van der Waals surface area contributed by atoms with E-state index in [9.17, 15) is 9.90 Å². The molecule has 2 aromatic heterocycles. The van der Waals surface area contributed by atoms with Crippen LogP contribution in [-0.2, 0) is 11.2 Å². The van der Waals surface area contributed by atoms with Crippen LogP contribution in [0, 0.1) is 5.92 Å². The molecule has 120 valence electrons. The van der Waals surface area contributed by atoms with Crippen LogP contribution in [0.4, 0.5) is 0 Å². The predicted octanol–water partition coefficient (Wildman–Crippen LogP) is 2.56. The number of carboxylic acids is 1. The lowest BCUT2D eigenvalue weighted by molar-refractivity contribution is -0.143. The number of carboxylic acid groups (broad SMARTS) is 1. The molecule has 3 heterocycles. The average molecular weight is 311 g/mol. The van der Waals surface area contributed by atoms with E-state index in [2.05, 4.69) is 14.9 Å². The maximum atomic E-state index is 11.2. The molecule has 0 saturated carbocycles. The molecule has 1 fully saturated rings. The third-order valence-corrected chi connectivity index (χ3v) is 4.54. The summed E-state index contributed by atoms with van der Waals surface area (Å²) in [5.41, 5.74) is 2.26. The number of hydrogen-bond acceptors (Lipinski definition) is 4. The van der Waals surface area contributed by atoms with Crippen molar-refractivity contribution in [1.82, 2.24) is 14.9 Å². The van der Waals surface area contributed by atoms with Crippen LogP contribution >= 0.6 is 0 Å². The van der Waals surface area contributed by atoms with Gasteiger partial charge in [-0.1, -0.05) is 6.07 Å². The first-order valence-electron chi connectivity index (χ1n) is 8.00. The van der Waals surface area contributed by atoms with Gasteiger partial charge in [0, 0.05) is 36.7 Å². The van der Waals surface area contributed by atoms with Crippen LogP contribution in [0.15, 0.2) is 48.9 Å². The van der Waals surface area contributed by atoms with Crippen LogP contribution < -0.4 is 0 Å². The zero-order chi connectivity index (χ0) is 16.1. The summed E-state index contributed by atoms with van der Waals surface area (Å²) in [6.07, 6.45) is 7.67. The van der Waals surface area contributed by atoms with E-state index < -0.39 is 5.97 Å². The first-order chi connectivity index (χ1) is 11.2. The second kappa shape index (κ2) is 7.33. The Bertz CT molecular complexity index is 625. The minimum absolute atomic E-state index is 0.209. The van der Waals surface area contributed by atoms with E-state index in [1.165, 1.54) is 5.56 Å². The molecule has 0 bridgehead atoms. The van der Waals surface area contributed by atoms with E-state index in [0.29, 0.717) is 12.8 Å². The first-order valence-corrected chi connectivity index (χ1v) is 8.00. The van der Waals surface area contributed by atoms with Crippen molar-refractivity contribution in [2.24, 2.45) is 5.92 Å². The van der Waals surface area contributed by atoms with Crippen LogP contribution in [0.3, 0.4) is 0 Å². The number of aliphatic carboxylic acids is 1. The number of likely N-dealkylation sites (tertiary alicyclic amines) is 1. The topological polar surface area (TPSA) is 66.3 Å². The summed E-state index contributed by atoms with van der Waals surface area (Å²) in [6, 6.07) is 10.3. The molecule has 0 aromatic carbocycles. The lowest BCUT2D eigenvalue weighted by Gasteiger charge is -2.36. The Balaban J connectivity index is 1.77. The molecule has 0 spiro atoms. The molecule has 1 aliphatic rings. The summed E-state index contributed by atoms with van der Waals surface area (Å²) < 4.78 is 0. The third-order valence-electron chi connectivity index (χ3n) is 4.54. The lowest BCUT2D eigenvalue weighted by atomic mass is 9.93. The van der Waals surface area contributed by atoms with Crippen LogP contribution in [0.5, 0.6) is 0 Å². The number of rotatable bonds is 5. The Morgan fingerprint density at radius 1 is 1.17 bits per heavy atom. The van der Waals surface area contributed by atoms with E-state index in [1.54, 1.807) is 0 Å². The van der Waals surface area contributed by atoms with Crippen molar-refractivity contribution in [1.29, 1.82) is 0 Å². The number of hydrogen-bond donors (Lipinski definition) is 1. The summed E-state index contributed by atoms with van der Waals surface area (Å²) in [4.78, 5) is 22.1. The Hall–Kier alpha value is -2.27. The van der Waals surface area contributed by atoms with Gasteiger partial charge in [0.2, 0.25) is 0 Å². The lowest BCUT2D eigenvalue weighted by Crippen LogP contribution is -2.39. The van der Waals surface area contributed by atoms with Gasteiger partial charge in [-0.05, 0) is 55.8 Å². The molecule has 1 aliphatic heterocycles. The van der Waals surface area contributed by atoms with Gasteiger partial charge in [0.15, 0.2) is 0 Å². The molecule has 1 saturated heterocycles. The molecule has 0 radical (unpaired) electrons. The van der Waals surface area contributed by atoms with Crippen molar-refractivity contribution >= 4 is 5.97 Å². The Kier molecular flexibility index (Phi) is 4.98. The average Bonchev–Trinajstić information content (AvgIpc) is 2.61. The van der Waals surface area contributed by atoms with Crippen molar-refractivity contribution in [3.05, 3.63) is 60.2 Å². The molecule has 1 atom stereocenters. The summed E-state index contributed by atoms with van der Waals surface area (Å²) in [5, 5.41) is 9.18. The minimum atomic E-state index is -0.671. The van der Waals surface area contributed by atoms with Gasteiger partial charge in [0.1, 0.15) is 0 Å². The Morgan fingerprint density at radius 2 is 1.91 bits per heavy atom. The van der Waals surface area contributed by atoms with Gasteiger partial charge in [-0.15, -0.1) is 0 Å². The molecular formula is C18H21N3O2. The third kappa shape index (κ3) is 3.93. The standard InChI is InChI=1S/C18H21N3O2/c22-18(23)15-6-11-21(12-7-15)17(14-4-9-19-10-5-14)13-16-3-1-2-8-20-16/h1-5,8-10,15,17H,6-7,11-13H2,(H,22,23). The van der Waals surface area contributed by atoms with Crippen molar-refractivity contribution < 1.29 is 9.90 Å². The van der Waals surface area contributed by atoms with Crippen LogP contribution in [0.2, 0.25) is 0 Å². The van der Waals surface area contributed by atoms with Gasteiger partial charge in [-0.2, -0.15) is 0 Å². The fourth-order valence-electron chi connectivity index (χ4n) is 3.22. The molecule has 5 nitrogen and oxygen atoms in total. The molecule has 1 unspecified atom stereocenters. The molecule has 23 heavy (non-hydrogen) atoms. The van der Waals surface area contributed by atoms with Gasteiger partial charge in [0.05, 0.1) is 5.92 Å². The van der Waals surface area contributed by atoms with Crippen molar-refractivity contribution in [2.45, 2.75) is 25.3 Å². The minimum Gasteiger partial charge on any atom is -0.481 e. The van der Waals surface area contributed by atoms with Gasteiger partial charge in [-0.3, -0.25) is 19.7 Å². The SMILES string of the molecule is O=C(O)C1CCN(C(Cc2ccccn2)c2ccncc2)CC1. The highest BCUT2D eigenvalue weighted by molar-refractivity contribution is 5.70. The second-order valence-electron chi connectivity index (χ2n) is 5.97. The van der Waals surface area contributed by atoms with Crippen LogP contribution in [0.1, 0.15) is 30.1 Å². The molecule has 0 amide bonds. The fourth-order valence-corrected chi connectivity index (χ4v) is 3.22. The summed E-state index contributed by atoms with van der Waals surface area (Å²) >= 11 is 0. The van der Waals surface area contributed by atoms with Crippen molar-refractivity contribution in [3.8, 4) is 0 Å². The molecular weight excluding hydrogens is 290 g/mol. The predicted molar refractivity (Wildman–Crippen MR) is 86.9 cm³/mol.